The molecule has 0 unspecified atom stereocenters. The number of methoxy groups -OCH3 is 1. The summed E-state index contributed by atoms with van der Waals surface area (Å²) in [6.07, 6.45) is 0. The molecule has 0 saturated heterocycles. The van der Waals surface area contributed by atoms with E-state index in [-0.39, 0.29) is 0 Å². The molecule has 0 aliphatic rings. The fourth-order valence-electron chi connectivity index (χ4n) is 1.60. The Balaban J connectivity index is 2.68. The van der Waals surface area contributed by atoms with Gasteiger partial charge in [-0.25, -0.2) is 4.98 Å². The second-order valence-corrected chi connectivity index (χ2v) is 5.68. The zero-order valence-corrected chi connectivity index (χ0v) is 12.9. The van der Waals surface area contributed by atoms with Crippen molar-refractivity contribution in [1.29, 1.82) is 0 Å². The van der Waals surface area contributed by atoms with Crippen molar-refractivity contribution in [2.75, 3.05) is 31.7 Å². The Bertz CT molecular complexity index is 352. The minimum atomic E-state index is 0.505. The van der Waals surface area contributed by atoms with Gasteiger partial charge in [0.2, 0.25) is 0 Å². The van der Waals surface area contributed by atoms with Gasteiger partial charge in [-0.05, 0) is 13.8 Å². The molecule has 0 fully saturated rings. The van der Waals surface area contributed by atoms with Crippen LogP contribution in [-0.4, -0.2) is 37.8 Å². The molecule has 1 aromatic rings. The van der Waals surface area contributed by atoms with Gasteiger partial charge in [0.1, 0.15) is 0 Å². The van der Waals surface area contributed by atoms with Crippen LogP contribution in [0.25, 0.3) is 0 Å². The number of hydrogen-bond donors (Lipinski definition) is 1. The maximum Gasteiger partial charge on any atom is 0.185 e. The normalized spacial score (nSPS) is 11.2. The monoisotopic (exact) mass is 271 g/mol. The molecule has 5 heteroatoms. The third-order valence-corrected chi connectivity index (χ3v) is 3.99. The van der Waals surface area contributed by atoms with Crippen LogP contribution in [0.15, 0.2) is 0 Å². The molecule has 0 aliphatic heterocycles. The second-order valence-electron chi connectivity index (χ2n) is 4.61. The first-order chi connectivity index (χ1) is 8.58. The van der Waals surface area contributed by atoms with E-state index in [0.717, 1.165) is 37.1 Å². The number of rotatable bonds is 8. The van der Waals surface area contributed by atoms with Gasteiger partial charge < -0.3 is 15.0 Å². The van der Waals surface area contributed by atoms with Gasteiger partial charge in [-0.15, -0.1) is 11.3 Å². The van der Waals surface area contributed by atoms with Crippen LogP contribution in [0.3, 0.4) is 0 Å². The lowest BCUT2D eigenvalue weighted by atomic mass is 10.3. The SMILES string of the molecule is CCN(CCOC)c1nc(C)c(CNC(C)C)s1. The number of thiazole rings is 1. The Morgan fingerprint density at radius 1 is 1.44 bits per heavy atom. The van der Waals surface area contributed by atoms with Crippen LogP contribution in [-0.2, 0) is 11.3 Å². The van der Waals surface area contributed by atoms with E-state index in [1.54, 1.807) is 18.4 Å². The van der Waals surface area contributed by atoms with Gasteiger partial charge in [-0.2, -0.15) is 0 Å². The highest BCUT2D eigenvalue weighted by molar-refractivity contribution is 7.15. The summed E-state index contributed by atoms with van der Waals surface area (Å²) in [7, 11) is 1.74. The molecule has 0 bridgehead atoms. The summed E-state index contributed by atoms with van der Waals surface area (Å²) in [5.74, 6) is 0. The largest absolute Gasteiger partial charge is 0.383 e. The molecule has 0 atom stereocenters. The average molecular weight is 271 g/mol. The molecular formula is C13H25N3OS. The van der Waals surface area contributed by atoms with Crippen molar-refractivity contribution in [2.45, 2.75) is 40.3 Å². The zero-order chi connectivity index (χ0) is 13.5. The number of aryl methyl sites for hydroxylation is 1. The van der Waals surface area contributed by atoms with Crippen LogP contribution in [0.4, 0.5) is 5.13 Å². The van der Waals surface area contributed by atoms with Crippen LogP contribution < -0.4 is 10.2 Å². The summed E-state index contributed by atoms with van der Waals surface area (Å²) in [6, 6.07) is 0.505. The predicted molar refractivity (Wildman–Crippen MR) is 78.6 cm³/mol. The first kappa shape index (κ1) is 15.4. The number of hydrogen-bond acceptors (Lipinski definition) is 5. The topological polar surface area (TPSA) is 37.4 Å². The van der Waals surface area contributed by atoms with E-state index in [9.17, 15) is 0 Å². The molecule has 1 aromatic heterocycles. The van der Waals surface area contributed by atoms with Crippen molar-refractivity contribution in [2.24, 2.45) is 0 Å². The van der Waals surface area contributed by atoms with E-state index in [1.165, 1.54) is 4.88 Å². The summed E-state index contributed by atoms with van der Waals surface area (Å²) in [4.78, 5) is 8.25. The Hall–Kier alpha value is -0.650. The van der Waals surface area contributed by atoms with Gasteiger partial charge in [0.05, 0.1) is 12.3 Å². The molecule has 0 spiro atoms. The maximum absolute atomic E-state index is 5.13. The summed E-state index contributed by atoms with van der Waals surface area (Å²) in [5.41, 5.74) is 1.14. The van der Waals surface area contributed by atoms with Gasteiger partial charge in [0.25, 0.3) is 0 Å². The minimum absolute atomic E-state index is 0.505. The molecule has 0 aliphatic carbocycles. The van der Waals surface area contributed by atoms with Gasteiger partial charge in [0, 0.05) is 37.7 Å². The van der Waals surface area contributed by atoms with Crippen LogP contribution in [0.5, 0.6) is 0 Å². The highest BCUT2D eigenvalue weighted by Gasteiger charge is 2.12. The van der Waals surface area contributed by atoms with E-state index in [2.05, 4.69) is 42.9 Å². The lowest BCUT2D eigenvalue weighted by Crippen LogP contribution is -2.26. The molecular weight excluding hydrogens is 246 g/mol. The van der Waals surface area contributed by atoms with E-state index in [0.29, 0.717) is 6.04 Å². The third-order valence-electron chi connectivity index (χ3n) is 2.77. The van der Waals surface area contributed by atoms with E-state index < -0.39 is 0 Å². The van der Waals surface area contributed by atoms with Gasteiger partial charge in [0.15, 0.2) is 5.13 Å². The molecule has 1 N–H and O–H groups in total. The quantitative estimate of drug-likeness (QED) is 0.788. The predicted octanol–water partition coefficient (Wildman–Crippen LogP) is 2.42. The summed E-state index contributed by atoms with van der Waals surface area (Å²) in [6.45, 7) is 12.1. The van der Waals surface area contributed by atoms with Crippen molar-refractivity contribution in [3.63, 3.8) is 0 Å². The molecule has 1 rings (SSSR count). The van der Waals surface area contributed by atoms with Crippen LogP contribution >= 0.6 is 11.3 Å². The Morgan fingerprint density at radius 3 is 2.72 bits per heavy atom. The highest BCUT2D eigenvalue weighted by Crippen LogP contribution is 2.25. The molecule has 104 valence electrons. The maximum atomic E-state index is 5.13. The smallest absolute Gasteiger partial charge is 0.185 e. The highest BCUT2D eigenvalue weighted by atomic mass is 32.1. The molecule has 18 heavy (non-hydrogen) atoms. The number of aromatic nitrogens is 1. The first-order valence-electron chi connectivity index (χ1n) is 6.52. The van der Waals surface area contributed by atoms with E-state index >= 15 is 0 Å². The summed E-state index contributed by atoms with van der Waals surface area (Å²) < 4.78 is 5.13. The van der Waals surface area contributed by atoms with Crippen molar-refractivity contribution in [3.8, 4) is 0 Å². The third kappa shape index (κ3) is 4.55. The van der Waals surface area contributed by atoms with Crippen LogP contribution in [0.1, 0.15) is 31.3 Å². The minimum Gasteiger partial charge on any atom is -0.383 e. The number of nitrogens with one attached hydrogen (secondary N) is 1. The van der Waals surface area contributed by atoms with Gasteiger partial charge in [-0.3, -0.25) is 0 Å². The molecule has 1 heterocycles. The van der Waals surface area contributed by atoms with E-state index in [4.69, 9.17) is 4.74 Å². The number of ether oxygens (including phenoxy) is 1. The lowest BCUT2D eigenvalue weighted by molar-refractivity contribution is 0.205. The van der Waals surface area contributed by atoms with Crippen molar-refractivity contribution < 1.29 is 4.74 Å². The van der Waals surface area contributed by atoms with Crippen molar-refractivity contribution in [1.82, 2.24) is 10.3 Å². The fourth-order valence-corrected chi connectivity index (χ4v) is 2.70. The molecule has 0 amide bonds. The number of anilines is 1. The molecule has 0 saturated carbocycles. The average Bonchev–Trinajstić information content (AvgIpc) is 2.69. The summed E-state index contributed by atoms with van der Waals surface area (Å²) >= 11 is 1.78. The summed E-state index contributed by atoms with van der Waals surface area (Å²) in [5, 5.41) is 4.55. The fraction of sp³-hybridized carbons (Fsp3) is 0.769. The van der Waals surface area contributed by atoms with Crippen LogP contribution in [0.2, 0.25) is 0 Å². The first-order valence-corrected chi connectivity index (χ1v) is 7.33. The second kappa shape index (κ2) is 7.71. The van der Waals surface area contributed by atoms with Gasteiger partial charge >= 0.3 is 0 Å². The van der Waals surface area contributed by atoms with Crippen molar-refractivity contribution in [3.05, 3.63) is 10.6 Å². The molecule has 0 aromatic carbocycles. The number of likely N-dealkylation sites (N-methyl/N-ethyl adjacent to an activating group) is 1. The van der Waals surface area contributed by atoms with E-state index in [1.807, 2.05) is 0 Å². The van der Waals surface area contributed by atoms with Crippen LogP contribution in [0, 0.1) is 6.92 Å². The number of nitrogens with zero attached hydrogens (tertiary/aromatic N) is 2. The zero-order valence-electron chi connectivity index (χ0n) is 12.1. The lowest BCUT2D eigenvalue weighted by Gasteiger charge is -2.18. The molecule has 4 nitrogen and oxygen atoms in total. The Labute approximate surface area is 114 Å². The Kier molecular flexibility index (Phi) is 6.60. The standard InChI is InChI=1S/C13H25N3OS/c1-6-16(7-8-17-5)13-15-11(4)12(18-13)9-14-10(2)3/h10,14H,6-9H2,1-5H3. The Morgan fingerprint density at radius 2 is 2.17 bits per heavy atom. The molecule has 0 radical (unpaired) electrons. The van der Waals surface area contributed by atoms with Gasteiger partial charge in [-0.1, -0.05) is 13.8 Å². The van der Waals surface area contributed by atoms with Crippen molar-refractivity contribution >= 4 is 16.5 Å².